The number of amides is 2. The Morgan fingerprint density at radius 3 is 2.29 bits per heavy atom. The fraction of sp³-hybridized carbons (Fsp3) is 0.417. The summed E-state index contributed by atoms with van der Waals surface area (Å²) in [6, 6.07) is 10.7. The molecule has 0 bridgehead atoms. The van der Waals surface area contributed by atoms with Crippen LogP contribution in [0.2, 0.25) is 0 Å². The summed E-state index contributed by atoms with van der Waals surface area (Å²) in [5.41, 5.74) is 3.10. The molecule has 1 saturated heterocycles. The number of carbonyl (C=O) groups excluding carboxylic acids is 2. The average molecular weight is 490 g/mol. The number of benzene rings is 2. The van der Waals surface area contributed by atoms with Crippen LogP contribution in [0.3, 0.4) is 0 Å². The van der Waals surface area contributed by atoms with Gasteiger partial charge in [0.15, 0.2) is 0 Å². The van der Waals surface area contributed by atoms with Crippen molar-refractivity contribution in [2.45, 2.75) is 44.9 Å². The van der Waals surface area contributed by atoms with Gasteiger partial charge in [0.05, 0.1) is 25.2 Å². The lowest BCUT2D eigenvalue weighted by atomic mass is 10.1. The summed E-state index contributed by atoms with van der Waals surface area (Å²) in [7, 11) is -2.30. The molecule has 0 aromatic heterocycles. The number of nitrogens with one attached hydrogen (secondary N) is 2. The van der Waals surface area contributed by atoms with Crippen LogP contribution in [-0.4, -0.2) is 57.6 Å². The Morgan fingerprint density at radius 1 is 1.06 bits per heavy atom. The van der Waals surface area contributed by atoms with Crippen LogP contribution < -0.4 is 15.4 Å². The number of hydrogen-bond donors (Lipinski definition) is 2. The van der Waals surface area contributed by atoms with Crippen LogP contribution in [0.15, 0.2) is 41.3 Å². The highest BCUT2D eigenvalue weighted by Gasteiger charge is 2.36. The predicted molar refractivity (Wildman–Crippen MR) is 127 cm³/mol. The molecule has 1 atom stereocenters. The molecule has 2 aromatic carbocycles. The third kappa shape index (κ3) is 5.94. The summed E-state index contributed by atoms with van der Waals surface area (Å²) in [5.74, 6) is -0.982. The van der Waals surface area contributed by atoms with Crippen LogP contribution in [0, 0.1) is 20.8 Å². The Morgan fingerprint density at radius 2 is 1.68 bits per heavy atom. The number of ether oxygens (including phenoxy) is 2. The van der Waals surface area contributed by atoms with E-state index >= 15 is 0 Å². The zero-order valence-electron chi connectivity index (χ0n) is 19.9. The summed E-state index contributed by atoms with van der Waals surface area (Å²) < 4.78 is 39.0. The van der Waals surface area contributed by atoms with E-state index in [2.05, 4.69) is 10.6 Å². The van der Waals surface area contributed by atoms with Crippen molar-refractivity contribution in [2.75, 3.05) is 26.8 Å². The van der Waals surface area contributed by atoms with Crippen LogP contribution >= 0.6 is 0 Å². The molecule has 1 heterocycles. The molecule has 10 heteroatoms. The number of rotatable bonds is 7. The van der Waals surface area contributed by atoms with Gasteiger partial charge in [-0.25, -0.2) is 8.42 Å². The Balaban J connectivity index is 1.63. The molecular formula is C24H31N3O6S. The van der Waals surface area contributed by atoms with Gasteiger partial charge in [0, 0.05) is 13.1 Å². The average Bonchev–Trinajstić information content (AvgIpc) is 2.80. The largest absolute Gasteiger partial charge is 0.497 e. The number of carbonyl (C=O) groups is 2. The SMILES string of the molecule is COc1ccc(CNC(=O)C(=O)NC[C@H]2OCCCN2S(=O)(=O)c2c(C)cc(C)cc2C)cc1. The normalized spacial score (nSPS) is 16.6. The van der Waals surface area contributed by atoms with Crippen LogP contribution in [-0.2, 0) is 30.9 Å². The highest BCUT2D eigenvalue weighted by atomic mass is 32.2. The van der Waals surface area contributed by atoms with Gasteiger partial charge in [-0.05, 0) is 56.0 Å². The molecular weight excluding hydrogens is 458 g/mol. The second-order valence-electron chi connectivity index (χ2n) is 8.26. The minimum atomic E-state index is -3.86. The second kappa shape index (κ2) is 11.0. The standard InChI is InChI=1S/C24H31N3O6S/c1-16-12-17(2)22(18(3)13-16)34(30,31)27-10-5-11-33-21(27)15-26-24(29)23(28)25-14-19-6-8-20(32-4)9-7-19/h6-9,12-13,21H,5,10-11,14-15H2,1-4H3,(H,25,28)(H,26,29)/t21-/m1/s1. The number of nitrogens with zero attached hydrogens (tertiary/aromatic N) is 1. The van der Waals surface area contributed by atoms with E-state index in [0.717, 1.165) is 11.1 Å². The molecule has 1 aliphatic heterocycles. The first-order chi connectivity index (χ1) is 16.1. The zero-order valence-corrected chi connectivity index (χ0v) is 20.7. The van der Waals surface area contributed by atoms with Crippen LogP contribution in [0.5, 0.6) is 5.75 Å². The van der Waals surface area contributed by atoms with Crippen molar-refractivity contribution in [3.05, 3.63) is 58.7 Å². The van der Waals surface area contributed by atoms with E-state index in [-0.39, 0.29) is 24.5 Å². The number of aryl methyl sites for hydroxylation is 3. The quantitative estimate of drug-likeness (QED) is 0.574. The summed E-state index contributed by atoms with van der Waals surface area (Å²) in [6.07, 6.45) is -0.368. The maximum atomic E-state index is 13.5. The van der Waals surface area contributed by atoms with Gasteiger partial charge in [0.1, 0.15) is 12.0 Å². The first-order valence-electron chi connectivity index (χ1n) is 11.0. The van der Waals surface area contributed by atoms with Crippen molar-refractivity contribution in [3.63, 3.8) is 0 Å². The fourth-order valence-corrected chi connectivity index (χ4v) is 6.04. The van der Waals surface area contributed by atoms with Crippen LogP contribution in [0.25, 0.3) is 0 Å². The van der Waals surface area contributed by atoms with Crippen LogP contribution in [0.4, 0.5) is 0 Å². The molecule has 184 valence electrons. The van der Waals surface area contributed by atoms with Crippen molar-refractivity contribution in [3.8, 4) is 5.75 Å². The maximum Gasteiger partial charge on any atom is 0.309 e. The molecule has 1 fully saturated rings. The number of methoxy groups -OCH3 is 1. The molecule has 2 N–H and O–H groups in total. The lowest BCUT2D eigenvalue weighted by Gasteiger charge is -2.35. The van der Waals surface area contributed by atoms with E-state index in [9.17, 15) is 18.0 Å². The molecule has 0 aliphatic carbocycles. The van der Waals surface area contributed by atoms with Gasteiger partial charge in [-0.1, -0.05) is 29.8 Å². The first-order valence-corrected chi connectivity index (χ1v) is 12.5. The van der Waals surface area contributed by atoms with Crippen LogP contribution in [0.1, 0.15) is 28.7 Å². The van der Waals surface area contributed by atoms with Crippen molar-refractivity contribution in [1.82, 2.24) is 14.9 Å². The fourth-order valence-electron chi connectivity index (χ4n) is 4.06. The van der Waals surface area contributed by atoms with E-state index in [1.165, 1.54) is 4.31 Å². The molecule has 9 nitrogen and oxygen atoms in total. The third-order valence-corrected chi connectivity index (χ3v) is 7.78. The Kier molecular flexibility index (Phi) is 8.29. The van der Waals surface area contributed by atoms with Crippen molar-refractivity contribution < 1.29 is 27.5 Å². The molecule has 0 radical (unpaired) electrons. The van der Waals surface area contributed by atoms with E-state index in [4.69, 9.17) is 9.47 Å². The van der Waals surface area contributed by atoms with E-state index < -0.39 is 28.1 Å². The van der Waals surface area contributed by atoms with Gasteiger partial charge in [-0.3, -0.25) is 9.59 Å². The van der Waals surface area contributed by atoms with Crippen molar-refractivity contribution in [2.24, 2.45) is 0 Å². The Hall–Kier alpha value is -2.95. The molecule has 0 unspecified atom stereocenters. The monoisotopic (exact) mass is 489 g/mol. The van der Waals surface area contributed by atoms with Crippen molar-refractivity contribution in [1.29, 1.82) is 0 Å². The van der Waals surface area contributed by atoms with Gasteiger partial charge < -0.3 is 20.1 Å². The second-order valence-corrected chi connectivity index (χ2v) is 10.1. The topological polar surface area (TPSA) is 114 Å². The van der Waals surface area contributed by atoms with Gasteiger partial charge in [0.2, 0.25) is 10.0 Å². The minimum absolute atomic E-state index is 0.141. The van der Waals surface area contributed by atoms with Gasteiger partial charge in [-0.2, -0.15) is 4.31 Å². The summed E-state index contributed by atoms with van der Waals surface area (Å²) >= 11 is 0. The Bertz CT molecular complexity index is 1120. The smallest absolute Gasteiger partial charge is 0.309 e. The molecule has 1 aliphatic rings. The molecule has 3 rings (SSSR count). The zero-order chi connectivity index (χ0) is 24.9. The molecule has 0 saturated carbocycles. The van der Waals surface area contributed by atoms with Gasteiger partial charge >= 0.3 is 11.8 Å². The minimum Gasteiger partial charge on any atom is -0.497 e. The maximum absolute atomic E-state index is 13.5. The number of sulfonamides is 1. The molecule has 34 heavy (non-hydrogen) atoms. The summed E-state index contributed by atoms with van der Waals surface area (Å²) in [5, 5.41) is 5.04. The first kappa shape index (κ1) is 25.7. The third-order valence-electron chi connectivity index (χ3n) is 5.58. The molecule has 2 aromatic rings. The van der Waals surface area contributed by atoms with E-state index in [0.29, 0.717) is 29.9 Å². The summed E-state index contributed by atoms with van der Waals surface area (Å²) in [4.78, 5) is 24.8. The van der Waals surface area contributed by atoms with E-state index in [1.54, 1.807) is 45.2 Å². The highest BCUT2D eigenvalue weighted by molar-refractivity contribution is 7.89. The lowest BCUT2D eigenvalue weighted by molar-refractivity contribution is -0.140. The lowest BCUT2D eigenvalue weighted by Crippen LogP contribution is -2.53. The van der Waals surface area contributed by atoms with Gasteiger partial charge in [-0.15, -0.1) is 0 Å². The van der Waals surface area contributed by atoms with E-state index in [1.807, 2.05) is 19.1 Å². The molecule has 0 spiro atoms. The van der Waals surface area contributed by atoms with Crippen molar-refractivity contribution >= 4 is 21.8 Å². The highest BCUT2D eigenvalue weighted by Crippen LogP contribution is 2.28. The van der Waals surface area contributed by atoms with Gasteiger partial charge in [0.25, 0.3) is 0 Å². The Labute approximate surface area is 200 Å². The predicted octanol–water partition coefficient (Wildman–Crippen LogP) is 1.79. The number of hydrogen-bond acceptors (Lipinski definition) is 6. The summed E-state index contributed by atoms with van der Waals surface area (Å²) in [6.45, 7) is 6.10. The molecule has 2 amide bonds.